The molecule has 0 atom stereocenters. The highest BCUT2D eigenvalue weighted by atomic mass is 32.1. The lowest BCUT2D eigenvalue weighted by molar-refractivity contribution is -0.126. The number of hydrogen-bond donors (Lipinski definition) is 2. The molecule has 2 N–H and O–H groups in total. The Morgan fingerprint density at radius 1 is 1.21 bits per heavy atom. The van der Waals surface area contributed by atoms with Gasteiger partial charge in [0.15, 0.2) is 5.82 Å². The zero-order chi connectivity index (χ0) is 20.1. The highest BCUT2D eigenvalue weighted by molar-refractivity contribution is 7.10. The van der Waals surface area contributed by atoms with Crippen LogP contribution in [0.5, 0.6) is 0 Å². The number of rotatable bonds is 6. The predicted octanol–water partition coefficient (Wildman–Crippen LogP) is 3.93. The molecule has 3 aromatic heterocycles. The van der Waals surface area contributed by atoms with Crippen molar-refractivity contribution >= 4 is 51.3 Å². The minimum Gasteiger partial charge on any atom is -0.355 e. The molecule has 0 saturated carbocycles. The molecule has 152 valence electrons. The topological polar surface area (TPSA) is 87.2 Å². The maximum absolute atomic E-state index is 12.5. The van der Waals surface area contributed by atoms with Gasteiger partial charge in [-0.05, 0) is 42.2 Å². The van der Waals surface area contributed by atoms with Crippen molar-refractivity contribution in [1.82, 2.24) is 19.6 Å². The molecule has 0 spiro atoms. The molecule has 4 rings (SSSR count). The van der Waals surface area contributed by atoms with Gasteiger partial charge in [0.25, 0.3) is 0 Å². The molecule has 0 unspecified atom stereocenters. The molecule has 0 aliphatic carbocycles. The van der Waals surface area contributed by atoms with Crippen molar-refractivity contribution < 1.29 is 9.59 Å². The molecule has 4 heterocycles. The first-order valence-electron chi connectivity index (χ1n) is 9.41. The molecule has 29 heavy (non-hydrogen) atoms. The first kappa shape index (κ1) is 20.0. The summed E-state index contributed by atoms with van der Waals surface area (Å²) in [6, 6.07) is 5.87. The van der Waals surface area contributed by atoms with E-state index in [2.05, 4.69) is 26.1 Å². The number of likely N-dealkylation sites (tertiary alicyclic amines) is 1. The summed E-state index contributed by atoms with van der Waals surface area (Å²) >= 11 is 4.46. The Morgan fingerprint density at radius 3 is 2.79 bits per heavy atom. The Bertz CT molecular complexity index is 931. The molecule has 1 aliphatic rings. The Balaban J connectivity index is 1.20. The lowest BCUT2D eigenvalue weighted by atomic mass is 9.96. The van der Waals surface area contributed by atoms with E-state index < -0.39 is 0 Å². The number of amides is 3. The van der Waals surface area contributed by atoms with Crippen LogP contribution in [-0.4, -0.2) is 45.8 Å². The van der Waals surface area contributed by atoms with Crippen molar-refractivity contribution in [1.29, 1.82) is 0 Å². The van der Waals surface area contributed by atoms with Crippen molar-refractivity contribution in [3.8, 4) is 11.4 Å². The van der Waals surface area contributed by atoms with Crippen molar-refractivity contribution in [3.05, 3.63) is 39.2 Å². The molecule has 7 nitrogen and oxygen atoms in total. The maximum atomic E-state index is 12.5. The smallest absolute Gasteiger partial charge is 0.323 e. The van der Waals surface area contributed by atoms with E-state index in [0.717, 1.165) is 12.0 Å². The Morgan fingerprint density at radius 2 is 2.07 bits per heavy atom. The number of carbonyl (C=O) groups excluding carboxylic acids is 2. The number of aromatic nitrogens is 2. The maximum Gasteiger partial charge on any atom is 0.323 e. The van der Waals surface area contributed by atoms with Gasteiger partial charge in [0.1, 0.15) is 0 Å². The number of nitrogens with zero attached hydrogens (tertiary/aromatic N) is 3. The molecule has 1 saturated heterocycles. The first-order valence-corrected chi connectivity index (χ1v) is 12.0. The predicted molar refractivity (Wildman–Crippen MR) is 118 cm³/mol. The van der Waals surface area contributed by atoms with Crippen LogP contribution in [0.25, 0.3) is 11.4 Å². The molecule has 3 aromatic rings. The third kappa shape index (κ3) is 5.20. The number of hydrogen-bond acceptors (Lipinski definition) is 7. The van der Waals surface area contributed by atoms with Crippen LogP contribution in [-0.2, 0) is 11.2 Å². The average Bonchev–Trinajstić information content (AvgIpc) is 3.50. The van der Waals surface area contributed by atoms with E-state index in [1.165, 1.54) is 16.4 Å². The van der Waals surface area contributed by atoms with Crippen molar-refractivity contribution in [3.63, 3.8) is 0 Å². The molecule has 1 fully saturated rings. The zero-order valence-electron chi connectivity index (χ0n) is 15.7. The van der Waals surface area contributed by atoms with Crippen LogP contribution in [0.4, 0.5) is 9.93 Å². The molecular weight excluding hydrogens is 426 g/mol. The van der Waals surface area contributed by atoms with Gasteiger partial charge in [-0.1, -0.05) is 6.07 Å². The number of urea groups is 1. The second-order valence-electron chi connectivity index (χ2n) is 6.75. The summed E-state index contributed by atoms with van der Waals surface area (Å²) in [5.41, 5.74) is 0.956. The number of nitrogens with one attached hydrogen (secondary N) is 2. The SMILES string of the molecule is O=C(NCCc1cccs1)C1CCN(C(=O)Nc2nc(-c3ccsc3)ns2)CC1. The number of carbonyl (C=O) groups is 2. The molecule has 0 radical (unpaired) electrons. The quantitative estimate of drug-likeness (QED) is 0.599. The van der Waals surface area contributed by atoms with Crippen molar-refractivity contribution in [2.24, 2.45) is 5.92 Å². The van der Waals surface area contributed by atoms with Gasteiger partial charge in [-0.3, -0.25) is 10.1 Å². The minimum atomic E-state index is -0.186. The van der Waals surface area contributed by atoms with Crippen LogP contribution in [0.1, 0.15) is 17.7 Å². The minimum absolute atomic E-state index is 0.0332. The van der Waals surface area contributed by atoms with Gasteiger partial charge < -0.3 is 10.2 Å². The Hall–Kier alpha value is -2.30. The van der Waals surface area contributed by atoms with Crippen molar-refractivity contribution in [2.75, 3.05) is 25.0 Å². The van der Waals surface area contributed by atoms with E-state index in [0.29, 0.717) is 43.4 Å². The second-order valence-corrected chi connectivity index (χ2v) is 9.31. The second kappa shape index (κ2) is 9.47. The lowest BCUT2D eigenvalue weighted by Gasteiger charge is -2.31. The fourth-order valence-corrected chi connectivity index (χ4v) is 5.13. The van der Waals surface area contributed by atoms with E-state index in [-0.39, 0.29) is 17.9 Å². The van der Waals surface area contributed by atoms with Crippen molar-refractivity contribution in [2.45, 2.75) is 19.3 Å². The van der Waals surface area contributed by atoms with E-state index in [9.17, 15) is 9.59 Å². The number of anilines is 1. The van der Waals surface area contributed by atoms with Crippen LogP contribution in [0, 0.1) is 5.92 Å². The van der Waals surface area contributed by atoms with Gasteiger partial charge >= 0.3 is 6.03 Å². The third-order valence-electron chi connectivity index (χ3n) is 4.82. The summed E-state index contributed by atoms with van der Waals surface area (Å²) in [4.78, 5) is 32.3. The van der Waals surface area contributed by atoms with Gasteiger partial charge in [-0.15, -0.1) is 11.3 Å². The average molecular weight is 448 g/mol. The third-order valence-corrected chi connectivity index (χ3v) is 7.07. The summed E-state index contributed by atoms with van der Waals surface area (Å²) in [5.74, 6) is 0.685. The molecule has 10 heteroatoms. The summed E-state index contributed by atoms with van der Waals surface area (Å²) in [7, 11) is 0. The van der Waals surface area contributed by atoms with Crippen LogP contribution in [0.15, 0.2) is 34.3 Å². The largest absolute Gasteiger partial charge is 0.355 e. The Kier molecular flexibility index (Phi) is 6.53. The standard InChI is InChI=1S/C19H21N5O2S3/c25-17(20-7-3-15-2-1-10-28-15)13-4-8-24(9-5-13)19(26)22-18-21-16(23-29-18)14-6-11-27-12-14/h1-2,6,10-13H,3-5,7-9H2,(H,20,25)(H,21,22,23,26). The van der Waals surface area contributed by atoms with E-state index >= 15 is 0 Å². The lowest BCUT2D eigenvalue weighted by Crippen LogP contribution is -2.44. The van der Waals surface area contributed by atoms with Gasteiger partial charge in [-0.2, -0.15) is 20.7 Å². The highest BCUT2D eigenvalue weighted by Gasteiger charge is 2.27. The number of thiophene rings is 2. The van der Waals surface area contributed by atoms with Gasteiger partial charge in [0, 0.05) is 52.9 Å². The van der Waals surface area contributed by atoms with Gasteiger partial charge in [0.05, 0.1) is 0 Å². The normalized spacial score (nSPS) is 14.7. The Labute approximate surface area is 181 Å². The zero-order valence-corrected chi connectivity index (χ0v) is 18.1. The molecule has 1 aliphatic heterocycles. The van der Waals surface area contributed by atoms with E-state index in [1.807, 2.05) is 28.3 Å². The highest BCUT2D eigenvalue weighted by Crippen LogP contribution is 2.24. The van der Waals surface area contributed by atoms with Gasteiger partial charge in [-0.25, -0.2) is 4.79 Å². The fraction of sp³-hybridized carbons (Fsp3) is 0.368. The summed E-state index contributed by atoms with van der Waals surface area (Å²) in [6.07, 6.45) is 2.21. The molecule has 0 bridgehead atoms. The fourth-order valence-electron chi connectivity index (χ4n) is 3.21. The molecule has 0 aromatic carbocycles. The summed E-state index contributed by atoms with van der Waals surface area (Å²) in [6.45, 7) is 1.78. The first-order chi connectivity index (χ1) is 14.2. The number of piperidine rings is 1. The van der Waals surface area contributed by atoms with Crippen LogP contribution in [0.2, 0.25) is 0 Å². The summed E-state index contributed by atoms with van der Waals surface area (Å²) in [5, 5.41) is 12.3. The summed E-state index contributed by atoms with van der Waals surface area (Å²) < 4.78 is 4.29. The van der Waals surface area contributed by atoms with E-state index in [1.54, 1.807) is 27.6 Å². The molecular formula is C19H21N5O2S3. The van der Waals surface area contributed by atoms with Gasteiger partial charge in [0.2, 0.25) is 11.0 Å². The molecule has 3 amide bonds. The van der Waals surface area contributed by atoms with Crippen LogP contribution in [0.3, 0.4) is 0 Å². The van der Waals surface area contributed by atoms with E-state index in [4.69, 9.17) is 0 Å². The monoisotopic (exact) mass is 447 g/mol. The van der Waals surface area contributed by atoms with Crippen LogP contribution < -0.4 is 10.6 Å². The van der Waals surface area contributed by atoms with Crippen LogP contribution >= 0.6 is 34.2 Å².